The number of nitrogens with zero attached hydrogens (tertiary/aromatic N) is 1. The van der Waals surface area contributed by atoms with Crippen molar-refractivity contribution in [2.24, 2.45) is 5.92 Å². The molecule has 1 aliphatic heterocycles. The number of rotatable bonds is 3. The lowest BCUT2D eigenvalue weighted by Gasteiger charge is -2.36. The molecule has 1 amide bonds. The minimum absolute atomic E-state index is 0.169. The molecule has 1 aromatic carbocycles. The van der Waals surface area contributed by atoms with Crippen molar-refractivity contribution >= 4 is 17.3 Å². The third-order valence-electron chi connectivity index (χ3n) is 4.40. The predicted octanol–water partition coefficient (Wildman–Crippen LogP) is 3.04. The summed E-state index contributed by atoms with van der Waals surface area (Å²) in [6, 6.07) is 8.16. The first-order chi connectivity index (χ1) is 10.1. The number of anilines is 2. The van der Waals surface area contributed by atoms with Gasteiger partial charge in [-0.3, -0.25) is 4.79 Å². The average molecular weight is 288 g/mol. The number of benzene rings is 1. The van der Waals surface area contributed by atoms with Crippen molar-refractivity contribution in [3.63, 3.8) is 0 Å². The average Bonchev–Trinajstić information content (AvgIpc) is 2.36. The first-order valence-corrected chi connectivity index (χ1v) is 7.93. The monoisotopic (exact) mass is 288 g/mol. The van der Waals surface area contributed by atoms with E-state index in [1.54, 1.807) is 0 Å². The lowest BCUT2D eigenvalue weighted by atomic mass is 9.85. The van der Waals surface area contributed by atoms with Gasteiger partial charge in [0.25, 0.3) is 0 Å². The lowest BCUT2D eigenvalue weighted by molar-refractivity contribution is -0.122. The van der Waals surface area contributed by atoms with Crippen molar-refractivity contribution in [1.29, 1.82) is 0 Å². The van der Waals surface area contributed by atoms with Gasteiger partial charge in [-0.05, 0) is 51.0 Å². The second-order valence-corrected chi connectivity index (χ2v) is 6.33. The van der Waals surface area contributed by atoms with E-state index < -0.39 is 0 Å². The van der Waals surface area contributed by atoms with Crippen LogP contribution in [-0.4, -0.2) is 31.2 Å². The summed E-state index contributed by atoms with van der Waals surface area (Å²) < 4.78 is 5.76. The van der Waals surface area contributed by atoms with Crippen LogP contribution in [0.2, 0.25) is 0 Å². The van der Waals surface area contributed by atoms with E-state index in [0.29, 0.717) is 0 Å². The van der Waals surface area contributed by atoms with Gasteiger partial charge in [0.05, 0.1) is 12.2 Å². The number of nitrogens with one attached hydrogen (secondary N) is 1. The van der Waals surface area contributed by atoms with Crippen LogP contribution in [0.15, 0.2) is 24.3 Å². The van der Waals surface area contributed by atoms with Crippen molar-refractivity contribution < 1.29 is 9.53 Å². The van der Waals surface area contributed by atoms with E-state index in [1.807, 2.05) is 12.1 Å². The van der Waals surface area contributed by atoms with Crippen LogP contribution in [0.4, 0.5) is 11.4 Å². The number of morpholine rings is 1. The number of ether oxygens (including phenoxy) is 1. The minimum atomic E-state index is 0.169. The molecule has 1 N–H and O–H groups in total. The number of hydrogen-bond donors (Lipinski definition) is 1. The van der Waals surface area contributed by atoms with Gasteiger partial charge in [-0.1, -0.05) is 6.42 Å². The molecule has 1 aromatic rings. The SMILES string of the molecule is C[C@@H]1CN(c2ccc(NC(=O)C3CCC3)cc2)C[C@@H](C)O1. The van der Waals surface area contributed by atoms with Gasteiger partial charge in [-0.15, -0.1) is 0 Å². The van der Waals surface area contributed by atoms with E-state index in [-0.39, 0.29) is 24.0 Å². The van der Waals surface area contributed by atoms with Gasteiger partial charge in [-0.25, -0.2) is 0 Å². The summed E-state index contributed by atoms with van der Waals surface area (Å²) in [5, 5.41) is 3.01. The molecule has 1 saturated heterocycles. The molecule has 0 bridgehead atoms. The summed E-state index contributed by atoms with van der Waals surface area (Å²) in [6.45, 7) is 6.04. The zero-order chi connectivity index (χ0) is 14.8. The van der Waals surface area contributed by atoms with E-state index in [1.165, 1.54) is 12.1 Å². The quantitative estimate of drug-likeness (QED) is 0.929. The van der Waals surface area contributed by atoms with Gasteiger partial charge in [0.15, 0.2) is 0 Å². The second kappa shape index (κ2) is 6.06. The van der Waals surface area contributed by atoms with Crippen molar-refractivity contribution in [2.75, 3.05) is 23.3 Å². The summed E-state index contributed by atoms with van der Waals surface area (Å²) >= 11 is 0. The fourth-order valence-corrected chi connectivity index (χ4v) is 3.06. The molecule has 1 heterocycles. The molecule has 0 radical (unpaired) electrons. The highest BCUT2D eigenvalue weighted by Gasteiger charge is 2.25. The number of hydrogen-bond acceptors (Lipinski definition) is 3. The fraction of sp³-hybridized carbons (Fsp3) is 0.588. The normalized spacial score (nSPS) is 26.3. The van der Waals surface area contributed by atoms with E-state index in [9.17, 15) is 4.79 Å². The summed E-state index contributed by atoms with van der Waals surface area (Å²) in [6.07, 6.45) is 3.77. The summed E-state index contributed by atoms with van der Waals surface area (Å²) in [5.41, 5.74) is 2.09. The Bertz CT molecular complexity index is 486. The van der Waals surface area contributed by atoms with Crippen molar-refractivity contribution in [1.82, 2.24) is 0 Å². The van der Waals surface area contributed by atoms with Crippen LogP contribution in [0.25, 0.3) is 0 Å². The number of carbonyl (C=O) groups is 1. The van der Waals surface area contributed by atoms with Crippen LogP contribution < -0.4 is 10.2 Å². The van der Waals surface area contributed by atoms with Crippen LogP contribution in [0.3, 0.4) is 0 Å². The highest BCUT2D eigenvalue weighted by molar-refractivity contribution is 5.93. The van der Waals surface area contributed by atoms with Gasteiger partial charge in [0.1, 0.15) is 0 Å². The summed E-state index contributed by atoms with van der Waals surface area (Å²) in [7, 11) is 0. The van der Waals surface area contributed by atoms with Gasteiger partial charge in [0.2, 0.25) is 5.91 Å². The van der Waals surface area contributed by atoms with Crippen molar-refractivity contribution in [3.8, 4) is 0 Å². The van der Waals surface area contributed by atoms with Gasteiger partial charge in [-0.2, -0.15) is 0 Å². The fourth-order valence-electron chi connectivity index (χ4n) is 3.06. The molecule has 0 unspecified atom stereocenters. The maximum atomic E-state index is 11.9. The molecule has 114 valence electrons. The van der Waals surface area contributed by atoms with Crippen LogP contribution >= 0.6 is 0 Å². The number of carbonyl (C=O) groups excluding carboxylic acids is 1. The Hall–Kier alpha value is -1.55. The van der Waals surface area contributed by atoms with Gasteiger partial charge >= 0.3 is 0 Å². The van der Waals surface area contributed by atoms with Gasteiger partial charge in [0, 0.05) is 30.4 Å². The Morgan fingerprint density at radius 1 is 1.14 bits per heavy atom. The predicted molar refractivity (Wildman–Crippen MR) is 84.6 cm³/mol. The number of amides is 1. The van der Waals surface area contributed by atoms with Crippen LogP contribution in [-0.2, 0) is 9.53 Å². The molecule has 0 aromatic heterocycles. The first kappa shape index (κ1) is 14.4. The first-order valence-electron chi connectivity index (χ1n) is 7.93. The largest absolute Gasteiger partial charge is 0.372 e. The molecular formula is C17H24N2O2. The highest BCUT2D eigenvalue weighted by Crippen LogP contribution is 2.28. The van der Waals surface area contributed by atoms with Gasteiger partial charge < -0.3 is 15.0 Å². The third kappa shape index (κ3) is 3.38. The third-order valence-corrected chi connectivity index (χ3v) is 4.40. The molecule has 4 heteroatoms. The molecule has 1 saturated carbocycles. The Morgan fingerprint density at radius 3 is 2.29 bits per heavy atom. The summed E-state index contributed by atoms with van der Waals surface area (Å²) in [4.78, 5) is 14.3. The summed E-state index contributed by atoms with van der Waals surface area (Å²) in [5.74, 6) is 0.397. The van der Waals surface area contributed by atoms with E-state index in [2.05, 4.69) is 36.2 Å². The van der Waals surface area contributed by atoms with Crippen LogP contribution in [0.1, 0.15) is 33.1 Å². The van der Waals surface area contributed by atoms with Crippen molar-refractivity contribution in [2.45, 2.75) is 45.3 Å². The van der Waals surface area contributed by atoms with E-state index >= 15 is 0 Å². The standard InChI is InChI=1S/C17H24N2O2/c1-12-10-19(11-13(2)21-12)16-8-6-15(7-9-16)18-17(20)14-4-3-5-14/h6-9,12-14H,3-5,10-11H2,1-2H3,(H,18,20)/t12-,13-/m1/s1. The Morgan fingerprint density at radius 2 is 1.76 bits per heavy atom. The van der Waals surface area contributed by atoms with E-state index in [0.717, 1.165) is 31.6 Å². The molecule has 2 fully saturated rings. The molecular weight excluding hydrogens is 264 g/mol. The molecule has 3 rings (SSSR count). The van der Waals surface area contributed by atoms with Crippen LogP contribution in [0, 0.1) is 5.92 Å². The Kier molecular flexibility index (Phi) is 4.15. The second-order valence-electron chi connectivity index (χ2n) is 6.33. The Balaban J connectivity index is 1.62. The highest BCUT2D eigenvalue weighted by atomic mass is 16.5. The Labute approximate surface area is 126 Å². The molecule has 1 aliphatic carbocycles. The topological polar surface area (TPSA) is 41.6 Å². The smallest absolute Gasteiger partial charge is 0.227 e. The lowest BCUT2D eigenvalue weighted by Crippen LogP contribution is -2.45. The molecule has 2 aliphatic rings. The zero-order valence-electron chi connectivity index (χ0n) is 12.8. The molecule has 4 nitrogen and oxygen atoms in total. The molecule has 21 heavy (non-hydrogen) atoms. The van der Waals surface area contributed by atoms with E-state index in [4.69, 9.17) is 4.74 Å². The molecule has 2 atom stereocenters. The minimum Gasteiger partial charge on any atom is -0.372 e. The zero-order valence-corrected chi connectivity index (χ0v) is 12.8. The molecule has 0 spiro atoms. The van der Waals surface area contributed by atoms with Crippen LogP contribution in [0.5, 0.6) is 0 Å². The maximum absolute atomic E-state index is 11.9. The van der Waals surface area contributed by atoms with Crippen molar-refractivity contribution in [3.05, 3.63) is 24.3 Å². The maximum Gasteiger partial charge on any atom is 0.227 e.